The van der Waals surface area contributed by atoms with Gasteiger partial charge < -0.3 is 5.32 Å². The average Bonchev–Trinajstić information content (AvgIpc) is 3.31. The van der Waals surface area contributed by atoms with Crippen molar-refractivity contribution in [3.63, 3.8) is 0 Å². The van der Waals surface area contributed by atoms with E-state index >= 15 is 0 Å². The van der Waals surface area contributed by atoms with Gasteiger partial charge in [0.05, 0.1) is 11.8 Å². The van der Waals surface area contributed by atoms with Crippen LogP contribution in [0.3, 0.4) is 0 Å². The van der Waals surface area contributed by atoms with Crippen LogP contribution < -0.4 is 5.32 Å². The van der Waals surface area contributed by atoms with Gasteiger partial charge in [0.25, 0.3) is 0 Å². The summed E-state index contributed by atoms with van der Waals surface area (Å²) in [6.45, 7) is 2.05. The number of amides is 1. The van der Waals surface area contributed by atoms with Gasteiger partial charge in [0.1, 0.15) is 5.82 Å². The summed E-state index contributed by atoms with van der Waals surface area (Å²) in [6, 6.07) is 14.0. The number of carbonyl (C=O) groups is 1. The predicted molar refractivity (Wildman–Crippen MR) is 106 cm³/mol. The molecule has 3 rings (SSSR count). The molecule has 26 heavy (non-hydrogen) atoms. The molecule has 5 nitrogen and oxygen atoms in total. The largest absolute Gasteiger partial charge is 0.344 e. The van der Waals surface area contributed by atoms with Crippen molar-refractivity contribution in [3.8, 4) is 18.0 Å². The van der Waals surface area contributed by atoms with E-state index in [-0.39, 0.29) is 17.7 Å². The minimum atomic E-state index is -0.329. The SMILES string of the molecule is C#CCNC(=O)C(C)Sc1nnc(Cc2cccs2)n1-c1ccccc1. The van der Waals surface area contributed by atoms with Crippen molar-refractivity contribution in [1.82, 2.24) is 20.1 Å². The summed E-state index contributed by atoms with van der Waals surface area (Å²) in [7, 11) is 0. The number of benzene rings is 1. The molecule has 0 saturated carbocycles. The van der Waals surface area contributed by atoms with E-state index in [1.807, 2.05) is 53.3 Å². The van der Waals surface area contributed by atoms with Crippen molar-refractivity contribution >= 4 is 29.0 Å². The van der Waals surface area contributed by atoms with Crippen LogP contribution in [0.1, 0.15) is 17.6 Å². The number of rotatable bonds is 7. The highest BCUT2D eigenvalue weighted by Gasteiger charge is 2.21. The third-order valence-corrected chi connectivity index (χ3v) is 5.56. The van der Waals surface area contributed by atoms with E-state index in [0.717, 1.165) is 11.5 Å². The Morgan fingerprint density at radius 2 is 2.12 bits per heavy atom. The second-order valence-corrected chi connectivity index (χ2v) is 7.85. The normalized spacial score (nSPS) is 11.7. The van der Waals surface area contributed by atoms with Gasteiger partial charge in [-0.3, -0.25) is 9.36 Å². The lowest BCUT2D eigenvalue weighted by molar-refractivity contribution is -0.120. The summed E-state index contributed by atoms with van der Waals surface area (Å²) in [5.41, 5.74) is 0.975. The molecular formula is C19H18N4OS2. The number of thiophene rings is 1. The van der Waals surface area contributed by atoms with Crippen molar-refractivity contribution in [2.75, 3.05) is 6.54 Å². The fourth-order valence-corrected chi connectivity index (χ4v) is 4.00. The summed E-state index contributed by atoms with van der Waals surface area (Å²) in [4.78, 5) is 13.3. The zero-order chi connectivity index (χ0) is 18.4. The van der Waals surface area contributed by atoms with Crippen LogP contribution in [0.2, 0.25) is 0 Å². The molecule has 0 radical (unpaired) electrons. The van der Waals surface area contributed by atoms with Crippen molar-refractivity contribution in [2.45, 2.75) is 23.8 Å². The first-order valence-electron chi connectivity index (χ1n) is 8.09. The Balaban J connectivity index is 1.89. The molecule has 1 aromatic carbocycles. The second kappa shape index (κ2) is 8.70. The van der Waals surface area contributed by atoms with E-state index in [9.17, 15) is 4.79 Å². The standard InChI is InChI=1S/C19H18N4OS2/c1-3-11-20-18(24)14(2)26-19-22-21-17(13-16-10-7-12-25-16)23(19)15-8-5-4-6-9-15/h1,4-10,12,14H,11,13H2,2H3,(H,20,24). The van der Waals surface area contributed by atoms with E-state index in [1.54, 1.807) is 11.3 Å². The Bertz CT molecular complexity index is 898. The number of nitrogens with one attached hydrogen (secondary N) is 1. The number of aromatic nitrogens is 3. The van der Waals surface area contributed by atoms with Crippen LogP contribution in [0.4, 0.5) is 0 Å². The van der Waals surface area contributed by atoms with Gasteiger partial charge in [-0.15, -0.1) is 28.0 Å². The monoisotopic (exact) mass is 382 g/mol. The first-order valence-corrected chi connectivity index (χ1v) is 9.85. The highest BCUT2D eigenvalue weighted by Crippen LogP contribution is 2.27. The molecule has 1 unspecified atom stereocenters. The van der Waals surface area contributed by atoms with Crippen LogP contribution >= 0.6 is 23.1 Å². The molecule has 0 aliphatic carbocycles. The molecule has 3 aromatic rings. The molecule has 1 N–H and O–H groups in total. The quantitative estimate of drug-likeness (QED) is 0.504. The average molecular weight is 383 g/mol. The van der Waals surface area contributed by atoms with Crippen LogP contribution in [-0.4, -0.2) is 32.5 Å². The van der Waals surface area contributed by atoms with Crippen LogP contribution in [-0.2, 0) is 11.2 Å². The molecule has 7 heteroatoms. The van der Waals surface area contributed by atoms with Crippen molar-refractivity contribution in [2.24, 2.45) is 0 Å². The van der Waals surface area contributed by atoms with Gasteiger partial charge in [0, 0.05) is 17.0 Å². The van der Waals surface area contributed by atoms with Crippen molar-refractivity contribution in [1.29, 1.82) is 0 Å². The summed E-state index contributed by atoms with van der Waals surface area (Å²) >= 11 is 3.06. The fraction of sp³-hybridized carbons (Fsp3) is 0.211. The molecule has 0 aliphatic heterocycles. The number of nitrogens with zero attached hydrogens (tertiary/aromatic N) is 3. The smallest absolute Gasteiger partial charge is 0.234 e. The van der Waals surface area contributed by atoms with Crippen LogP contribution in [0.5, 0.6) is 0 Å². The summed E-state index contributed by atoms with van der Waals surface area (Å²) < 4.78 is 2.01. The maximum atomic E-state index is 12.1. The number of terminal acetylenes is 1. The topological polar surface area (TPSA) is 59.8 Å². The zero-order valence-electron chi connectivity index (χ0n) is 14.3. The molecule has 2 heterocycles. The predicted octanol–water partition coefficient (Wildman–Crippen LogP) is 3.15. The number of para-hydroxylation sites is 1. The summed E-state index contributed by atoms with van der Waals surface area (Å²) in [5, 5.41) is 13.8. The van der Waals surface area contributed by atoms with Crippen molar-refractivity contribution in [3.05, 3.63) is 58.5 Å². The lowest BCUT2D eigenvalue weighted by Crippen LogP contribution is -2.31. The number of hydrogen-bond donors (Lipinski definition) is 1. The first kappa shape index (κ1) is 18.2. The Hall–Kier alpha value is -2.56. The first-order chi connectivity index (χ1) is 12.7. The minimum absolute atomic E-state index is 0.115. The van der Waals surface area contributed by atoms with Gasteiger partial charge in [0.2, 0.25) is 5.91 Å². The Labute approximate surface area is 160 Å². The molecule has 132 valence electrons. The third kappa shape index (κ3) is 4.34. The molecule has 1 amide bonds. The lowest BCUT2D eigenvalue weighted by atomic mass is 10.3. The van der Waals surface area contributed by atoms with Gasteiger partial charge in [-0.2, -0.15) is 0 Å². The van der Waals surface area contributed by atoms with E-state index in [4.69, 9.17) is 6.42 Å². The zero-order valence-corrected chi connectivity index (χ0v) is 15.9. The Morgan fingerprint density at radius 3 is 2.81 bits per heavy atom. The van der Waals surface area contributed by atoms with Crippen LogP contribution in [0, 0.1) is 12.3 Å². The molecule has 0 saturated heterocycles. The molecule has 0 aliphatic rings. The Kier molecular flexibility index (Phi) is 6.10. The summed E-state index contributed by atoms with van der Waals surface area (Å²) in [5.74, 6) is 3.14. The molecule has 2 aromatic heterocycles. The number of hydrogen-bond acceptors (Lipinski definition) is 5. The number of carbonyl (C=O) groups excluding carboxylic acids is 1. The van der Waals surface area contributed by atoms with Crippen LogP contribution in [0.25, 0.3) is 5.69 Å². The lowest BCUT2D eigenvalue weighted by Gasteiger charge is -2.13. The third-order valence-electron chi connectivity index (χ3n) is 3.64. The molecule has 0 fully saturated rings. The highest BCUT2D eigenvalue weighted by molar-refractivity contribution is 8.00. The van der Waals surface area contributed by atoms with Gasteiger partial charge in [-0.05, 0) is 30.5 Å². The molecular weight excluding hydrogens is 364 g/mol. The second-order valence-electron chi connectivity index (χ2n) is 5.51. The van der Waals surface area contributed by atoms with E-state index < -0.39 is 0 Å². The van der Waals surface area contributed by atoms with Crippen molar-refractivity contribution < 1.29 is 4.79 Å². The maximum absolute atomic E-state index is 12.1. The van der Waals surface area contributed by atoms with Gasteiger partial charge in [0.15, 0.2) is 5.16 Å². The van der Waals surface area contributed by atoms with Gasteiger partial charge >= 0.3 is 0 Å². The van der Waals surface area contributed by atoms with E-state index in [1.165, 1.54) is 16.6 Å². The van der Waals surface area contributed by atoms with Gasteiger partial charge in [-0.1, -0.05) is 41.9 Å². The summed E-state index contributed by atoms with van der Waals surface area (Å²) in [6.07, 6.45) is 5.89. The maximum Gasteiger partial charge on any atom is 0.234 e. The fourth-order valence-electron chi connectivity index (χ4n) is 2.39. The molecule has 0 bridgehead atoms. The highest BCUT2D eigenvalue weighted by atomic mass is 32.2. The Morgan fingerprint density at radius 1 is 1.31 bits per heavy atom. The minimum Gasteiger partial charge on any atom is -0.344 e. The van der Waals surface area contributed by atoms with Crippen LogP contribution in [0.15, 0.2) is 53.0 Å². The van der Waals surface area contributed by atoms with E-state index in [0.29, 0.717) is 11.6 Å². The molecule has 0 spiro atoms. The van der Waals surface area contributed by atoms with Gasteiger partial charge in [-0.25, -0.2) is 0 Å². The number of thioether (sulfide) groups is 1. The molecule has 1 atom stereocenters. The van der Waals surface area contributed by atoms with E-state index in [2.05, 4.69) is 27.5 Å².